The molecule has 3 aromatic rings. The summed E-state index contributed by atoms with van der Waals surface area (Å²) >= 11 is 0. The van der Waals surface area contributed by atoms with E-state index in [-0.39, 0.29) is 5.69 Å². The fourth-order valence-corrected chi connectivity index (χ4v) is 1.87. The van der Waals surface area contributed by atoms with Crippen molar-refractivity contribution in [2.45, 2.75) is 0 Å². The van der Waals surface area contributed by atoms with Crippen molar-refractivity contribution in [3.05, 3.63) is 65.3 Å². The van der Waals surface area contributed by atoms with Gasteiger partial charge in [-0.25, -0.2) is 9.78 Å². The van der Waals surface area contributed by atoms with E-state index in [1.54, 1.807) is 12.4 Å². The van der Waals surface area contributed by atoms with Crippen molar-refractivity contribution in [3.63, 3.8) is 0 Å². The Morgan fingerprint density at radius 2 is 1.76 bits per heavy atom. The van der Waals surface area contributed by atoms with Crippen LogP contribution < -0.4 is 5.69 Å². The van der Waals surface area contributed by atoms with Crippen molar-refractivity contribution in [3.8, 4) is 11.1 Å². The average molecular weight is 222 g/mol. The minimum Gasteiger partial charge on any atom is -0.312 e. The minimum absolute atomic E-state index is 0.325. The number of fused-ring (bicyclic) bond motifs is 1. The van der Waals surface area contributed by atoms with Gasteiger partial charge in [0.15, 0.2) is 0 Å². The molecule has 1 heterocycles. The van der Waals surface area contributed by atoms with Gasteiger partial charge in [-0.05, 0) is 22.4 Å². The summed E-state index contributed by atoms with van der Waals surface area (Å²) in [4.78, 5) is 17.2. The van der Waals surface area contributed by atoms with Gasteiger partial charge in [-0.1, -0.05) is 36.4 Å². The van der Waals surface area contributed by atoms with E-state index in [0.717, 1.165) is 11.1 Å². The van der Waals surface area contributed by atoms with Crippen molar-refractivity contribution in [1.82, 2.24) is 9.97 Å². The Labute approximate surface area is 97.8 Å². The highest BCUT2D eigenvalue weighted by molar-refractivity contribution is 5.87. The first-order chi connectivity index (χ1) is 8.33. The molecule has 0 unspecified atom stereocenters. The predicted molar refractivity (Wildman–Crippen MR) is 67.8 cm³/mol. The van der Waals surface area contributed by atoms with E-state index in [2.05, 4.69) is 34.2 Å². The van der Waals surface area contributed by atoms with Gasteiger partial charge >= 0.3 is 5.69 Å². The predicted octanol–water partition coefficient (Wildman–Crippen LogP) is 2.59. The lowest BCUT2D eigenvalue weighted by Gasteiger charge is -2.02. The SMILES string of the molecule is O=c1ncc(-c2ccc3ccccc3c2)c[nH]1. The molecule has 0 amide bonds. The number of benzene rings is 2. The van der Waals surface area contributed by atoms with E-state index >= 15 is 0 Å². The van der Waals surface area contributed by atoms with E-state index in [9.17, 15) is 4.79 Å². The van der Waals surface area contributed by atoms with Crippen molar-refractivity contribution >= 4 is 10.8 Å². The van der Waals surface area contributed by atoms with Crippen molar-refractivity contribution in [2.24, 2.45) is 0 Å². The number of hydrogen-bond acceptors (Lipinski definition) is 2. The Kier molecular flexibility index (Phi) is 2.22. The van der Waals surface area contributed by atoms with Gasteiger partial charge in [-0.2, -0.15) is 0 Å². The summed E-state index contributed by atoms with van der Waals surface area (Å²) in [5, 5.41) is 2.38. The van der Waals surface area contributed by atoms with Crippen LogP contribution in [0.2, 0.25) is 0 Å². The first kappa shape index (κ1) is 9.78. The summed E-state index contributed by atoms with van der Waals surface area (Å²) in [6, 6.07) is 14.3. The van der Waals surface area contributed by atoms with Gasteiger partial charge in [0, 0.05) is 18.0 Å². The third-order valence-corrected chi connectivity index (χ3v) is 2.75. The molecule has 3 heteroatoms. The summed E-state index contributed by atoms with van der Waals surface area (Å²) in [6.07, 6.45) is 3.27. The smallest absolute Gasteiger partial charge is 0.312 e. The molecular formula is C14H10N2O. The van der Waals surface area contributed by atoms with Gasteiger partial charge in [-0.15, -0.1) is 0 Å². The molecule has 0 bridgehead atoms. The average Bonchev–Trinajstić information content (AvgIpc) is 2.39. The zero-order chi connectivity index (χ0) is 11.7. The number of aromatic amines is 1. The Hall–Kier alpha value is -2.42. The quantitative estimate of drug-likeness (QED) is 0.687. The Balaban J connectivity index is 2.17. The third kappa shape index (κ3) is 1.83. The van der Waals surface area contributed by atoms with Crippen LogP contribution in [0.4, 0.5) is 0 Å². The molecule has 0 spiro atoms. The minimum atomic E-state index is -0.325. The van der Waals surface area contributed by atoms with Crippen LogP contribution in [-0.4, -0.2) is 9.97 Å². The maximum Gasteiger partial charge on any atom is 0.344 e. The molecule has 3 nitrogen and oxygen atoms in total. The fraction of sp³-hybridized carbons (Fsp3) is 0. The highest BCUT2D eigenvalue weighted by Crippen LogP contribution is 2.22. The molecule has 82 valence electrons. The molecular weight excluding hydrogens is 212 g/mol. The van der Waals surface area contributed by atoms with E-state index in [1.807, 2.05) is 18.2 Å². The molecule has 0 saturated carbocycles. The lowest BCUT2D eigenvalue weighted by atomic mass is 10.0. The Bertz CT molecular complexity index is 711. The van der Waals surface area contributed by atoms with Gasteiger partial charge in [-0.3, -0.25) is 0 Å². The fourth-order valence-electron chi connectivity index (χ4n) is 1.87. The number of nitrogens with zero attached hydrogens (tertiary/aromatic N) is 1. The van der Waals surface area contributed by atoms with Gasteiger partial charge < -0.3 is 4.98 Å². The van der Waals surface area contributed by atoms with Crippen LogP contribution in [0.25, 0.3) is 21.9 Å². The van der Waals surface area contributed by atoms with Gasteiger partial charge in [0.1, 0.15) is 0 Å². The monoisotopic (exact) mass is 222 g/mol. The third-order valence-electron chi connectivity index (χ3n) is 2.75. The van der Waals surface area contributed by atoms with E-state index in [0.29, 0.717) is 0 Å². The molecule has 0 atom stereocenters. The summed E-state index contributed by atoms with van der Waals surface area (Å²) in [7, 11) is 0. The van der Waals surface area contributed by atoms with Crippen molar-refractivity contribution in [2.75, 3.05) is 0 Å². The van der Waals surface area contributed by atoms with Gasteiger partial charge in [0.2, 0.25) is 0 Å². The van der Waals surface area contributed by atoms with Crippen LogP contribution in [0.3, 0.4) is 0 Å². The van der Waals surface area contributed by atoms with E-state index in [1.165, 1.54) is 10.8 Å². The zero-order valence-corrected chi connectivity index (χ0v) is 9.05. The van der Waals surface area contributed by atoms with Gasteiger partial charge in [0.05, 0.1) is 0 Å². The molecule has 0 aliphatic heterocycles. The molecule has 0 radical (unpaired) electrons. The number of hydrogen-bond donors (Lipinski definition) is 1. The Morgan fingerprint density at radius 1 is 0.941 bits per heavy atom. The lowest BCUT2D eigenvalue weighted by molar-refractivity contribution is 1.08. The topological polar surface area (TPSA) is 45.8 Å². The summed E-state index contributed by atoms with van der Waals surface area (Å²) in [6.45, 7) is 0. The second-order valence-electron chi connectivity index (χ2n) is 3.87. The molecule has 0 aliphatic carbocycles. The number of H-pyrrole nitrogens is 1. The largest absolute Gasteiger partial charge is 0.344 e. The zero-order valence-electron chi connectivity index (χ0n) is 9.05. The molecule has 1 N–H and O–H groups in total. The van der Waals surface area contributed by atoms with Crippen molar-refractivity contribution in [1.29, 1.82) is 0 Å². The molecule has 3 rings (SSSR count). The highest BCUT2D eigenvalue weighted by atomic mass is 16.1. The van der Waals surface area contributed by atoms with Crippen LogP contribution in [0.1, 0.15) is 0 Å². The lowest BCUT2D eigenvalue weighted by Crippen LogP contribution is -2.07. The molecule has 1 aromatic heterocycles. The standard InChI is InChI=1S/C14H10N2O/c17-14-15-8-13(9-16-14)12-6-5-10-3-1-2-4-11(10)7-12/h1-9H,(H,15,16,17). The number of aromatic nitrogens is 2. The summed E-state index contributed by atoms with van der Waals surface area (Å²) in [5.41, 5.74) is 1.64. The number of nitrogens with one attached hydrogen (secondary N) is 1. The van der Waals surface area contributed by atoms with Gasteiger partial charge in [0.25, 0.3) is 0 Å². The molecule has 0 aliphatic rings. The number of rotatable bonds is 1. The highest BCUT2D eigenvalue weighted by Gasteiger charge is 1.99. The van der Waals surface area contributed by atoms with Crippen LogP contribution >= 0.6 is 0 Å². The summed E-state index contributed by atoms with van der Waals surface area (Å²) in [5.74, 6) is 0. The normalized spacial score (nSPS) is 10.6. The van der Waals surface area contributed by atoms with Crippen LogP contribution in [0.15, 0.2) is 59.7 Å². The Morgan fingerprint density at radius 3 is 2.53 bits per heavy atom. The molecule has 17 heavy (non-hydrogen) atoms. The van der Waals surface area contributed by atoms with E-state index in [4.69, 9.17) is 0 Å². The molecule has 2 aromatic carbocycles. The van der Waals surface area contributed by atoms with Crippen LogP contribution in [0, 0.1) is 0 Å². The maximum atomic E-state index is 10.9. The second kappa shape index (κ2) is 3.87. The maximum absolute atomic E-state index is 10.9. The molecule has 0 saturated heterocycles. The molecule has 0 fully saturated rings. The summed E-state index contributed by atoms with van der Waals surface area (Å²) < 4.78 is 0. The second-order valence-corrected chi connectivity index (χ2v) is 3.87. The first-order valence-corrected chi connectivity index (χ1v) is 5.37. The van der Waals surface area contributed by atoms with E-state index < -0.39 is 0 Å². The first-order valence-electron chi connectivity index (χ1n) is 5.37. The van der Waals surface area contributed by atoms with Crippen LogP contribution in [-0.2, 0) is 0 Å². The van der Waals surface area contributed by atoms with Crippen LogP contribution in [0.5, 0.6) is 0 Å². The van der Waals surface area contributed by atoms with Crippen molar-refractivity contribution < 1.29 is 0 Å².